The number of fused-ring (bicyclic) bond motifs is 1. The van der Waals surface area contributed by atoms with E-state index in [1.807, 2.05) is 31.2 Å². The summed E-state index contributed by atoms with van der Waals surface area (Å²) in [6, 6.07) is 12.5. The predicted molar refractivity (Wildman–Crippen MR) is 114 cm³/mol. The number of benzene rings is 2. The first-order valence-electron chi connectivity index (χ1n) is 10.6. The second kappa shape index (κ2) is 8.79. The van der Waals surface area contributed by atoms with E-state index in [1.165, 1.54) is 17.7 Å². The number of carbonyl (C=O) groups is 3. The molecule has 3 amide bonds. The Morgan fingerprint density at radius 1 is 1.00 bits per heavy atom. The lowest BCUT2D eigenvalue weighted by atomic mass is 10.1. The van der Waals surface area contributed by atoms with Crippen molar-refractivity contribution in [2.24, 2.45) is 0 Å². The van der Waals surface area contributed by atoms with Crippen LogP contribution < -0.4 is 5.32 Å². The Morgan fingerprint density at radius 2 is 1.73 bits per heavy atom. The SMILES string of the molecule is Cc1ccccc1CN1C(=O)c2ccc(C(=O)NCCCN3CCCC3)cc2C1=O. The quantitative estimate of drug-likeness (QED) is 0.568. The van der Waals surface area contributed by atoms with E-state index >= 15 is 0 Å². The number of carbonyl (C=O) groups excluding carboxylic acids is 3. The van der Waals surface area contributed by atoms with Crippen LogP contribution in [0.1, 0.15) is 61.5 Å². The standard InChI is InChI=1S/C24H27N3O3/c1-17-7-2-3-8-19(17)16-27-23(29)20-10-9-18(15-21(20)24(27)30)22(28)25-11-6-14-26-12-4-5-13-26/h2-3,7-10,15H,4-6,11-14,16H2,1H3,(H,25,28). The Hall–Kier alpha value is -2.99. The third-order valence-corrected chi connectivity index (χ3v) is 5.96. The summed E-state index contributed by atoms with van der Waals surface area (Å²) in [4.78, 5) is 41.8. The van der Waals surface area contributed by atoms with Crippen LogP contribution in [0.15, 0.2) is 42.5 Å². The van der Waals surface area contributed by atoms with Gasteiger partial charge < -0.3 is 10.2 Å². The molecule has 0 aromatic heterocycles. The Bertz CT molecular complexity index is 979. The van der Waals surface area contributed by atoms with Crippen molar-refractivity contribution >= 4 is 17.7 Å². The maximum Gasteiger partial charge on any atom is 0.261 e. The van der Waals surface area contributed by atoms with Crippen LogP contribution in [0.2, 0.25) is 0 Å². The fraction of sp³-hybridized carbons (Fsp3) is 0.375. The van der Waals surface area contributed by atoms with Crippen molar-refractivity contribution in [3.8, 4) is 0 Å². The van der Waals surface area contributed by atoms with Crippen LogP contribution in [0, 0.1) is 6.92 Å². The van der Waals surface area contributed by atoms with Gasteiger partial charge in [-0.25, -0.2) is 0 Å². The predicted octanol–water partition coefficient (Wildman–Crippen LogP) is 3.01. The van der Waals surface area contributed by atoms with Crippen LogP contribution in [0.25, 0.3) is 0 Å². The monoisotopic (exact) mass is 405 g/mol. The highest BCUT2D eigenvalue weighted by molar-refractivity contribution is 6.22. The summed E-state index contributed by atoms with van der Waals surface area (Å²) in [6.07, 6.45) is 3.42. The lowest BCUT2D eigenvalue weighted by molar-refractivity contribution is 0.0642. The van der Waals surface area contributed by atoms with Crippen molar-refractivity contribution in [3.05, 3.63) is 70.3 Å². The van der Waals surface area contributed by atoms with Crippen LogP contribution in [0.5, 0.6) is 0 Å². The molecule has 6 heteroatoms. The Kier molecular flexibility index (Phi) is 5.95. The third kappa shape index (κ3) is 4.14. The fourth-order valence-electron chi connectivity index (χ4n) is 4.15. The summed E-state index contributed by atoms with van der Waals surface area (Å²) >= 11 is 0. The normalized spacial score (nSPS) is 16.2. The molecule has 2 aliphatic rings. The first-order chi connectivity index (χ1) is 14.5. The number of hydrogen-bond donors (Lipinski definition) is 1. The molecule has 0 unspecified atom stereocenters. The molecule has 1 fully saturated rings. The minimum Gasteiger partial charge on any atom is -0.352 e. The summed E-state index contributed by atoms with van der Waals surface area (Å²) in [6.45, 7) is 6.07. The van der Waals surface area contributed by atoms with E-state index in [0.717, 1.165) is 37.2 Å². The van der Waals surface area contributed by atoms with Gasteiger partial charge in [0.1, 0.15) is 0 Å². The Morgan fingerprint density at radius 3 is 2.50 bits per heavy atom. The van der Waals surface area contributed by atoms with E-state index in [2.05, 4.69) is 10.2 Å². The van der Waals surface area contributed by atoms with Crippen molar-refractivity contribution in [1.82, 2.24) is 15.1 Å². The first kappa shape index (κ1) is 20.3. The molecule has 0 saturated carbocycles. The van der Waals surface area contributed by atoms with Crippen molar-refractivity contribution in [2.45, 2.75) is 32.7 Å². The molecule has 0 aliphatic carbocycles. The molecule has 0 spiro atoms. The largest absolute Gasteiger partial charge is 0.352 e. The molecule has 2 aromatic rings. The number of nitrogens with one attached hydrogen (secondary N) is 1. The molecule has 156 valence electrons. The van der Waals surface area contributed by atoms with Gasteiger partial charge in [-0.05, 0) is 75.1 Å². The Labute approximate surface area is 176 Å². The molecule has 2 aromatic carbocycles. The first-order valence-corrected chi connectivity index (χ1v) is 10.6. The molecular weight excluding hydrogens is 378 g/mol. The van der Waals surface area contributed by atoms with Gasteiger partial charge >= 0.3 is 0 Å². The maximum absolute atomic E-state index is 12.9. The van der Waals surface area contributed by atoms with Crippen LogP contribution in [-0.2, 0) is 6.54 Å². The van der Waals surface area contributed by atoms with E-state index in [-0.39, 0.29) is 24.3 Å². The number of amides is 3. The van der Waals surface area contributed by atoms with Crippen LogP contribution in [0.4, 0.5) is 0 Å². The van der Waals surface area contributed by atoms with E-state index in [9.17, 15) is 14.4 Å². The molecule has 30 heavy (non-hydrogen) atoms. The summed E-state index contributed by atoms with van der Waals surface area (Å²) in [7, 11) is 0. The molecule has 6 nitrogen and oxygen atoms in total. The highest BCUT2D eigenvalue weighted by atomic mass is 16.2. The van der Waals surface area contributed by atoms with Crippen LogP contribution >= 0.6 is 0 Å². The maximum atomic E-state index is 12.9. The zero-order valence-electron chi connectivity index (χ0n) is 17.3. The van der Waals surface area contributed by atoms with E-state index < -0.39 is 0 Å². The minimum atomic E-state index is -0.345. The minimum absolute atomic E-state index is 0.211. The third-order valence-electron chi connectivity index (χ3n) is 5.96. The van der Waals surface area contributed by atoms with Crippen LogP contribution in [0.3, 0.4) is 0 Å². The molecule has 0 atom stereocenters. The summed E-state index contributed by atoms with van der Waals surface area (Å²) in [5, 5.41) is 2.92. The number of aryl methyl sites for hydroxylation is 1. The molecule has 0 bridgehead atoms. The number of likely N-dealkylation sites (tertiary alicyclic amines) is 1. The average molecular weight is 405 g/mol. The van der Waals surface area contributed by atoms with Gasteiger partial charge in [0.2, 0.25) is 0 Å². The zero-order chi connectivity index (χ0) is 21.1. The smallest absolute Gasteiger partial charge is 0.261 e. The molecule has 1 N–H and O–H groups in total. The van der Waals surface area contributed by atoms with Crippen molar-refractivity contribution in [2.75, 3.05) is 26.2 Å². The summed E-state index contributed by atoms with van der Waals surface area (Å²) in [5.41, 5.74) is 3.04. The van der Waals surface area contributed by atoms with Gasteiger partial charge in [-0.15, -0.1) is 0 Å². The molecule has 1 saturated heterocycles. The van der Waals surface area contributed by atoms with Gasteiger partial charge in [0, 0.05) is 12.1 Å². The summed E-state index contributed by atoms with van der Waals surface area (Å²) < 4.78 is 0. The van der Waals surface area contributed by atoms with Gasteiger partial charge in [0.05, 0.1) is 17.7 Å². The van der Waals surface area contributed by atoms with Gasteiger partial charge in [0.25, 0.3) is 17.7 Å². The number of imide groups is 1. The van der Waals surface area contributed by atoms with E-state index in [0.29, 0.717) is 23.2 Å². The van der Waals surface area contributed by atoms with Gasteiger partial charge in [-0.2, -0.15) is 0 Å². The van der Waals surface area contributed by atoms with Crippen molar-refractivity contribution < 1.29 is 14.4 Å². The summed E-state index contributed by atoms with van der Waals surface area (Å²) in [5.74, 6) is -0.866. The van der Waals surface area contributed by atoms with E-state index in [4.69, 9.17) is 0 Å². The van der Waals surface area contributed by atoms with Gasteiger partial charge in [-0.1, -0.05) is 24.3 Å². The molecule has 2 heterocycles. The van der Waals surface area contributed by atoms with Crippen LogP contribution in [-0.4, -0.2) is 53.7 Å². The zero-order valence-corrected chi connectivity index (χ0v) is 17.3. The number of nitrogens with zero attached hydrogens (tertiary/aromatic N) is 2. The van der Waals surface area contributed by atoms with Gasteiger partial charge in [-0.3, -0.25) is 19.3 Å². The molecule has 4 rings (SSSR count). The number of hydrogen-bond acceptors (Lipinski definition) is 4. The Balaban J connectivity index is 1.39. The molecular formula is C24H27N3O3. The second-order valence-electron chi connectivity index (χ2n) is 8.04. The molecule has 0 radical (unpaired) electrons. The highest BCUT2D eigenvalue weighted by Gasteiger charge is 2.36. The van der Waals surface area contributed by atoms with Crippen molar-refractivity contribution in [3.63, 3.8) is 0 Å². The van der Waals surface area contributed by atoms with Gasteiger partial charge in [0.15, 0.2) is 0 Å². The number of rotatable bonds is 7. The highest BCUT2D eigenvalue weighted by Crippen LogP contribution is 2.26. The molecule has 2 aliphatic heterocycles. The second-order valence-corrected chi connectivity index (χ2v) is 8.04. The lowest BCUT2D eigenvalue weighted by Crippen LogP contribution is -2.29. The topological polar surface area (TPSA) is 69.7 Å². The van der Waals surface area contributed by atoms with Crippen molar-refractivity contribution in [1.29, 1.82) is 0 Å². The average Bonchev–Trinajstić information content (AvgIpc) is 3.35. The van der Waals surface area contributed by atoms with E-state index in [1.54, 1.807) is 18.2 Å². The lowest BCUT2D eigenvalue weighted by Gasteiger charge is -2.15. The fourth-order valence-corrected chi connectivity index (χ4v) is 4.15.